The molecule has 3 amide bonds. The quantitative estimate of drug-likeness (QED) is 0.671. The van der Waals surface area contributed by atoms with Crippen molar-refractivity contribution < 1.29 is 14.4 Å². The number of carbonyl (C=O) groups excluding carboxylic acids is 3. The second kappa shape index (κ2) is 6.34. The maximum Gasteiger partial charge on any atom is 0.244 e. The van der Waals surface area contributed by atoms with Crippen LogP contribution in [0.2, 0.25) is 10.0 Å². The Balaban J connectivity index is 1.68. The van der Waals surface area contributed by atoms with Gasteiger partial charge in [-0.05, 0) is 31.0 Å². The number of rotatable bonds is 3. The summed E-state index contributed by atoms with van der Waals surface area (Å²) in [7, 11) is 0. The van der Waals surface area contributed by atoms with Gasteiger partial charge in [-0.1, -0.05) is 35.4 Å². The second-order valence-electron chi connectivity index (χ2n) is 5.59. The number of benzene rings is 1. The number of anilines is 1. The van der Waals surface area contributed by atoms with Crippen LogP contribution in [0.15, 0.2) is 30.4 Å². The molecule has 1 fully saturated rings. The van der Waals surface area contributed by atoms with Gasteiger partial charge in [0.05, 0.1) is 22.5 Å². The normalized spacial score (nSPS) is 23.1. The van der Waals surface area contributed by atoms with Crippen LogP contribution in [0.5, 0.6) is 0 Å². The van der Waals surface area contributed by atoms with E-state index in [2.05, 4.69) is 5.32 Å². The molecule has 5 nitrogen and oxygen atoms in total. The molecular weight excluding hydrogens is 339 g/mol. The molecule has 0 radical (unpaired) electrons. The predicted molar refractivity (Wildman–Crippen MR) is 87.2 cm³/mol. The Morgan fingerprint density at radius 3 is 2.30 bits per heavy atom. The maximum absolute atomic E-state index is 12.3. The highest BCUT2D eigenvalue weighted by molar-refractivity contribution is 6.36. The van der Waals surface area contributed by atoms with E-state index in [4.69, 9.17) is 23.2 Å². The van der Waals surface area contributed by atoms with E-state index < -0.39 is 5.91 Å². The Labute approximate surface area is 143 Å². The van der Waals surface area contributed by atoms with E-state index in [0.29, 0.717) is 28.6 Å². The summed E-state index contributed by atoms with van der Waals surface area (Å²) in [6, 6.07) is 4.67. The summed E-state index contributed by atoms with van der Waals surface area (Å²) >= 11 is 11.8. The fraction of sp³-hybridized carbons (Fsp3) is 0.312. The summed E-state index contributed by atoms with van der Waals surface area (Å²) < 4.78 is 0. The van der Waals surface area contributed by atoms with Crippen molar-refractivity contribution in [3.63, 3.8) is 0 Å². The van der Waals surface area contributed by atoms with E-state index >= 15 is 0 Å². The molecule has 0 bridgehead atoms. The molecule has 2 atom stereocenters. The number of nitrogens with one attached hydrogen (secondary N) is 1. The number of carbonyl (C=O) groups is 3. The minimum Gasteiger partial charge on any atom is -0.323 e. The molecule has 1 aliphatic carbocycles. The maximum atomic E-state index is 12.3. The zero-order valence-corrected chi connectivity index (χ0v) is 13.6. The van der Waals surface area contributed by atoms with Crippen LogP contribution in [0.3, 0.4) is 0 Å². The lowest BCUT2D eigenvalue weighted by atomic mass is 9.85. The third-order valence-corrected chi connectivity index (χ3v) is 4.65. The van der Waals surface area contributed by atoms with Crippen LogP contribution in [-0.4, -0.2) is 29.2 Å². The van der Waals surface area contributed by atoms with E-state index in [1.807, 2.05) is 12.2 Å². The third-order valence-electron chi connectivity index (χ3n) is 4.11. The van der Waals surface area contributed by atoms with Crippen LogP contribution in [0.4, 0.5) is 5.69 Å². The summed E-state index contributed by atoms with van der Waals surface area (Å²) in [5.41, 5.74) is 0.388. The second-order valence-corrected chi connectivity index (χ2v) is 6.43. The molecular formula is C16H14Cl2N2O3. The Morgan fingerprint density at radius 2 is 1.74 bits per heavy atom. The van der Waals surface area contributed by atoms with Crippen LogP contribution in [0.25, 0.3) is 0 Å². The molecule has 120 valence electrons. The predicted octanol–water partition coefficient (Wildman–Crippen LogP) is 2.88. The number of allylic oxidation sites excluding steroid dienone is 2. The average Bonchev–Trinajstić information content (AvgIpc) is 2.76. The fourth-order valence-corrected chi connectivity index (χ4v) is 3.40. The van der Waals surface area contributed by atoms with Gasteiger partial charge in [-0.2, -0.15) is 0 Å². The van der Waals surface area contributed by atoms with E-state index in [-0.39, 0.29) is 30.2 Å². The van der Waals surface area contributed by atoms with Gasteiger partial charge in [-0.25, -0.2) is 0 Å². The van der Waals surface area contributed by atoms with Gasteiger partial charge < -0.3 is 5.32 Å². The molecule has 23 heavy (non-hydrogen) atoms. The average molecular weight is 353 g/mol. The smallest absolute Gasteiger partial charge is 0.244 e. The first-order valence-corrected chi connectivity index (χ1v) is 7.98. The fourth-order valence-electron chi connectivity index (χ4n) is 2.95. The molecule has 2 aliphatic rings. The SMILES string of the molecule is O=C(CN1C(=O)[C@@H]2CC=CC[C@H]2C1=O)Nc1ccc(Cl)cc1Cl. The van der Waals surface area contributed by atoms with Gasteiger partial charge in [0.2, 0.25) is 17.7 Å². The Bertz CT molecular complexity index is 691. The molecule has 0 unspecified atom stereocenters. The molecule has 1 aliphatic heterocycles. The van der Waals surface area contributed by atoms with Crippen molar-refractivity contribution in [2.45, 2.75) is 12.8 Å². The molecule has 1 heterocycles. The highest BCUT2D eigenvalue weighted by atomic mass is 35.5. The minimum atomic E-state index is -0.470. The number of imide groups is 1. The first-order valence-electron chi connectivity index (χ1n) is 7.22. The van der Waals surface area contributed by atoms with Gasteiger partial charge in [0.15, 0.2) is 0 Å². The van der Waals surface area contributed by atoms with Crippen LogP contribution in [-0.2, 0) is 14.4 Å². The first kappa shape index (κ1) is 16.0. The highest BCUT2D eigenvalue weighted by Crippen LogP contribution is 2.35. The monoisotopic (exact) mass is 352 g/mol. The highest BCUT2D eigenvalue weighted by Gasteiger charge is 2.47. The Kier molecular flexibility index (Phi) is 4.41. The number of halogens is 2. The zero-order chi connectivity index (χ0) is 16.6. The van der Waals surface area contributed by atoms with Crippen molar-refractivity contribution in [3.05, 3.63) is 40.4 Å². The largest absolute Gasteiger partial charge is 0.323 e. The number of amides is 3. The summed E-state index contributed by atoms with van der Waals surface area (Å²) in [4.78, 5) is 37.8. The molecule has 1 aromatic carbocycles. The Hall–Kier alpha value is -1.85. The van der Waals surface area contributed by atoms with Gasteiger partial charge in [0, 0.05) is 5.02 Å². The van der Waals surface area contributed by atoms with E-state index in [1.54, 1.807) is 12.1 Å². The van der Waals surface area contributed by atoms with Gasteiger partial charge >= 0.3 is 0 Å². The van der Waals surface area contributed by atoms with Crippen molar-refractivity contribution in [2.24, 2.45) is 11.8 Å². The van der Waals surface area contributed by atoms with Crippen molar-refractivity contribution in [1.29, 1.82) is 0 Å². The van der Waals surface area contributed by atoms with Gasteiger partial charge in [-0.3, -0.25) is 19.3 Å². The summed E-state index contributed by atoms with van der Waals surface area (Å²) in [5, 5.41) is 3.34. The summed E-state index contributed by atoms with van der Waals surface area (Å²) in [6.07, 6.45) is 4.92. The lowest BCUT2D eigenvalue weighted by Crippen LogP contribution is -2.38. The number of fused-ring (bicyclic) bond motifs is 1. The van der Waals surface area contributed by atoms with Crippen molar-refractivity contribution in [3.8, 4) is 0 Å². The van der Waals surface area contributed by atoms with Crippen LogP contribution in [0.1, 0.15) is 12.8 Å². The van der Waals surface area contributed by atoms with Crippen LogP contribution in [0, 0.1) is 11.8 Å². The van der Waals surface area contributed by atoms with Gasteiger partial charge in [-0.15, -0.1) is 0 Å². The standard InChI is InChI=1S/C16H14Cl2N2O3/c17-9-5-6-13(12(18)7-9)19-14(21)8-20-15(22)10-3-1-2-4-11(10)16(20)23/h1-2,5-7,10-11H,3-4,8H2,(H,19,21)/t10-,11-/m1/s1. The molecule has 3 rings (SSSR count). The lowest BCUT2D eigenvalue weighted by Gasteiger charge is -2.15. The number of hydrogen-bond acceptors (Lipinski definition) is 3. The summed E-state index contributed by atoms with van der Waals surface area (Å²) in [5.74, 6) is -1.69. The number of nitrogens with zero attached hydrogens (tertiary/aromatic N) is 1. The topological polar surface area (TPSA) is 66.5 Å². The van der Waals surface area contributed by atoms with Gasteiger partial charge in [0.1, 0.15) is 6.54 Å². The van der Waals surface area contributed by atoms with Crippen molar-refractivity contribution in [1.82, 2.24) is 4.90 Å². The molecule has 1 aromatic rings. The molecule has 1 N–H and O–H groups in total. The molecule has 0 aromatic heterocycles. The number of likely N-dealkylation sites (tertiary alicyclic amines) is 1. The third kappa shape index (κ3) is 3.12. The van der Waals surface area contributed by atoms with Crippen molar-refractivity contribution in [2.75, 3.05) is 11.9 Å². The van der Waals surface area contributed by atoms with E-state index in [0.717, 1.165) is 4.90 Å². The first-order chi connectivity index (χ1) is 11.0. The minimum absolute atomic E-state index is 0.276. The van der Waals surface area contributed by atoms with E-state index in [1.165, 1.54) is 6.07 Å². The summed E-state index contributed by atoms with van der Waals surface area (Å²) in [6.45, 7) is -0.302. The molecule has 0 saturated carbocycles. The lowest BCUT2D eigenvalue weighted by molar-refractivity contribution is -0.142. The number of hydrogen-bond donors (Lipinski definition) is 1. The van der Waals surface area contributed by atoms with Crippen molar-refractivity contribution >= 4 is 46.6 Å². The van der Waals surface area contributed by atoms with Gasteiger partial charge in [0.25, 0.3) is 0 Å². The van der Waals surface area contributed by atoms with E-state index in [9.17, 15) is 14.4 Å². The van der Waals surface area contributed by atoms with Crippen LogP contribution >= 0.6 is 23.2 Å². The van der Waals surface area contributed by atoms with Crippen LogP contribution < -0.4 is 5.32 Å². The molecule has 0 spiro atoms. The molecule has 7 heteroatoms. The zero-order valence-electron chi connectivity index (χ0n) is 12.1. The Morgan fingerprint density at radius 1 is 1.13 bits per heavy atom. The molecule has 1 saturated heterocycles.